The zero-order valence-electron chi connectivity index (χ0n) is 50.9. The zero-order chi connectivity index (χ0) is 62.6. The molecule has 5 aromatic rings. The summed E-state index contributed by atoms with van der Waals surface area (Å²) in [5.41, 5.74) is 7.11. The lowest BCUT2D eigenvalue weighted by atomic mass is 9.90. The molecule has 24 heteroatoms. The predicted octanol–water partition coefficient (Wildman–Crippen LogP) is 11.7. The van der Waals surface area contributed by atoms with E-state index >= 15 is 0 Å². The summed E-state index contributed by atoms with van der Waals surface area (Å²) < 4.78 is 43.8. The minimum atomic E-state index is -3.56. The van der Waals surface area contributed by atoms with Gasteiger partial charge in [-0.15, -0.1) is 20.5 Å². The maximum Gasteiger partial charge on any atom is 0.275 e. The predicted molar refractivity (Wildman–Crippen MR) is 328 cm³/mol. The number of ether oxygens (including phenoxy) is 3. The van der Waals surface area contributed by atoms with Crippen LogP contribution in [0, 0.1) is 40.9 Å². The van der Waals surface area contributed by atoms with Crippen molar-refractivity contribution in [1.82, 2.24) is 14.8 Å². The van der Waals surface area contributed by atoms with Crippen molar-refractivity contribution >= 4 is 79.3 Å². The number of methoxy groups -OCH3 is 3. The van der Waals surface area contributed by atoms with Gasteiger partial charge < -0.3 is 34.4 Å². The van der Waals surface area contributed by atoms with Crippen LogP contribution < -0.4 is 34.0 Å². The summed E-state index contributed by atoms with van der Waals surface area (Å²) in [5.74, 6) is 1.76. The third-order valence-corrected chi connectivity index (χ3v) is 13.1. The Morgan fingerprint density at radius 1 is 0.810 bits per heavy atom. The summed E-state index contributed by atoms with van der Waals surface area (Å²) in [6.45, 7) is 24.1. The van der Waals surface area contributed by atoms with Crippen LogP contribution in [-0.2, 0) is 31.6 Å². The number of nitrogens with zero attached hydrogens (tertiary/aromatic N) is 13. The number of sulfonamides is 1. The number of nitrogens with one attached hydrogen (secondary N) is 2. The first-order chi connectivity index (χ1) is 39.7. The molecule has 6 rings (SSSR count). The summed E-state index contributed by atoms with van der Waals surface area (Å²) in [4.78, 5) is 28.1. The number of hydrogen-bond acceptors (Lipinski definition) is 19. The number of anilines is 4. The Labute approximate surface area is 493 Å². The number of likely N-dealkylation sites (N-methyl/N-ethyl adjacent to an activating group) is 1. The Balaban J connectivity index is 0.000000280. The third kappa shape index (κ3) is 18.2. The molecule has 84 heavy (non-hydrogen) atoms. The van der Waals surface area contributed by atoms with Gasteiger partial charge >= 0.3 is 0 Å². The fraction of sp³-hybridized carbons (Fsp3) is 0.417. The van der Waals surface area contributed by atoms with Crippen LogP contribution in [0.2, 0.25) is 0 Å². The molecule has 0 aliphatic carbocycles. The van der Waals surface area contributed by atoms with E-state index in [4.69, 9.17) is 14.2 Å². The van der Waals surface area contributed by atoms with E-state index in [1.165, 1.54) is 16.6 Å². The lowest BCUT2D eigenvalue weighted by Crippen LogP contribution is -2.25. The van der Waals surface area contributed by atoms with Gasteiger partial charge in [-0.1, -0.05) is 40.7 Å². The van der Waals surface area contributed by atoms with Crippen molar-refractivity contribution in [2.75, 3.05) is 80.7 Å². The van der Waals surface area contributed by atoms with Crippen LogP contribution in [0.25, 0.3) is 6.08 Å². The molecular weight excluding hydrogens is 1090 g/mol. The summed E-state index contributed by atoms with van der Waals surface area (Å²) in [6, 6.07) is 23.8. The number of rotatable bonds is 21. The first-order valence-corrected chi connectivity index (χ1v) is 29.0. The number of carbonyl (C=O) groups excluding carboxylic acids is 2. The van der Waals surface area contributed by atoms with E-state index < -0.39 is 21.5 Å². The summed E-state index contributed by atoms with van der Waals surface area (Å²) in [7, 11) is 2.82. The molecule has 2 amide bonds. The Bertz CT molecular complexity index is 3500. The van der Waals surface area contributed by atoms with Crippen molar-refractivity contribution in [3.8, 4) is 35.5 Å². The molecule has 0 bridgehead atoms. The Morgan fingerprint density at radius 3 is 1.90 bits per heavy atom. The van der Waals surface area contributed by atoms with Crippen LogP contribution >= 0.6 is 0 Å². The maximum atomic E-state index is 11.9. The molecule has 0 radical (unpaired) electrons. The number of hydrogen-bond donors (Lipinski definition) is 3. The van der Waals surface area contributed by atoms with Gasteiger partial charge in [0.25, 0.3) is 5.91 Å². The smallest absolute Gasteiger partial charge is 0.275 e. The second kappa shape index (κ2) is 30.8. The molecule has 2 heterocycles. The molecule has 1 aliphatic rings. The molecule has 3 N–H and O–H groups in total. The van der Waals surface area contributed by atoms with Crippen molar-refractivity contribution in [3.63, 3.8) is 0 Å². The number of aryl methyl sites for hydroxylation is 1. The van der Waals surface area contributed by atoms with Crippen LogP contribution in [0.4, 0.5) is 45.6 Å². The number of hydrazone groups is 1. The number of aliphatic hydroxyl groups is 1. The highest BCUT2D eigenvalue weighted by Gasteiger charge is 2.28. The summed E-state index contributed by atoms with van der Waals surface area (Å²) >= 11 is 0. The van der Waals surface area contributed by atoms with E-state index in [9.17, 15) is 38.9 Å². The molecular formula is C60H77N15O8S. The van der Waals surface area contributed by atoms with E-state index in [0.29, 0.717) is 51.2 Å². The number of aliphatic hydroxyl groups excluding tert-OH is 1. The van der Waals surface area contributed by atoms with Gasteiger partial charge in [0.05, 0.1) is 85.4 Å². The van der Waals surface area contributed by atoms with Gasteiger partial charge in [-0.3, -0.25) is 14.3 Å². The average molecular weight is 1170 g/mol. The van der Waals surface area contributed by atoms with Crippen LogP contribution in [0.5, 0.6) is 17.2 Å². The van der Waals surface area contributed by atoms with Gasteiger partial charge in [-0.25, -0.2) is 18.1 Å². The molecule has 0 saturated carbocycles. The van der Waals surface area contributed by atoms with E-state index in [1.807, 2.05) is 71.9 Å². The van der Waals surface area contributed by atoms with Crippen LogP contribution in [0.1, 0.15) is 116 Å². The van der Waals surface area contributed by atoms with E-state index in [2.05, 4.69) is 70.4 Å². The number of aromatic nitrogens is 2. The summed E-state index contributed by atoms with van der Waals surface area (Å²) in [6.07, 6.45) is 4.08. The number of amides is 2. The SMILES string of the molecule is CCCN(CCC)c1ccc(N=Nc2c(C#N)cc(C)cc2C#N)c(NS(C)(=O)=O)c1.CCN(CC)c1cc(NC(C)=O)c(N=Nc2c(C#N)c(C(C)(C)C)nn2CC(C)O)cc1OC.COc1ccc(C=C2C(=O)N(C)N=C2C)cc1OC. The highest BCUT2D eigenvalue weighted by molar-refractivity contribution is 7.92. The first-order valence-electron chi connectivity index (χ1n) is 27.1. The Hall–Kier alpha value is -9.18. The molecule has 1 aliphatic heterocycles. The summed E-state index contributed by atoms with van der Waals surface area (Å²) in [5, 5.41) is 68.5. The minimum absolute atomic E-state index is 0.104. The fourth-order valence-corrected chi connectivity index (χ4v) is 9.22. The van der Waals surface area contributed by atoms with Crippen LogP contribution in [0.15, 0.2) is 91.8 Å². The number of azo groups is 2. The molecule has 1 unspecified atom stereocenters. The number of carbonyl (C=O) groups is 2. The third-order valence-electron chi connectivity index (χ3n) is 12.5. The van der Waals surface area contributed by atoms with E-state index in [-0.39, 0.29) is 52.4 Å². The highest BCUT2D eigenvalue weighted by Crippen LogP contribution is 2.41. The number of benzene rings is 4. The molecule has 1 atom stereocenters. The van der Waals surface area contributed by atoms with Gasteiger partial charge in [0.2, 0.25) is 15.9 Å². The van der Waals surface area contributed by atoms with Gasteiger partial charge in [-0.2, -0.15) is 26.0 Å². The lowest BCUT2D eigenvalue weighted by molar-refractivity contribution is -0.124. The van der Waals surface area contributed by atoms with Gasteiger partial charge in [0.15, 0.2) is 17.3 Å². The molecule has 446 valence electrons. The van der Waals surface area contributed by atoms with E-state index in [1.54, 1.807) is 90.8 Å². The highest BCUT2D eigenvalue weighted by atomic mass is 32.2. The maximum absolute atomic E-state index is 11.9. The fourth-order valence-electron chi connectivity index (χ4n) is 8.66. The Morgan fingerprint density at radius 2 is 1.42 bits per heavy atom. The van der Waals surface area contributed by atoms with Crippen molar-refractivity contribution in [1.29, 1.82) is 15.8 Å². The Kier molecular flexibility index (Phi) is 24.6. The van der Waals surface area contributed by atoms with Crippen molar-refractivity contribution < 1.29 is 37.3 Å². The van der Waals surface area contributed by atoms with Gasteiger partial charge in [0, 0.05) is 57.3 Å². The van der Waals surface area contributed by atoms with Crippen molar-refractivity contribution in [2.24, 2.45) is 25.6 Å². The second-order valence-electron chi connectivity index (χ2n) is 20.4. The standard InChI is InChI=1S/C24H35N7O3.C22H26N6O2S.C14H16N2O3/c1-9-30(10-2)20-11-18(26-16(4)33)19(12-21(20)34-8)27-28-23-17(13-25)22(24(5,6)7)29-31(23)14-15(3)32;1-5-9-28(10-6-2)19-7-8-20(21(13-19)27-31(4,29)30)25-26-22-17(14-23)11-16(3)12-18(22)15-24;1-9-11(14(17)16(2)15-9)7-10-5-6-12(18-3)13(8-10)19-4/h11-12,15,32H,9-10,14H2,1-8H3,(H,26,33);7-8,11-13,27H,5-6,9-10H2,1-4H3;5-8H,1-4H3. The average Bonchev–Trinajstić information content (AvgIpc) is 3.49. The van der Waals surface area contributed by atoms with Crippen molar-refractivity contribution in [3.05, 3.63) is 99.7 Å². The van der Waals surface area contributed by atoms with Crippen LogP contribution in [0.3, 0.4) is 0 Å². The molecule has 0 spiro atoms. The normalized spacial score (nSPS) is 13.0. The topological polar surface area (TPSA) is 301 Å². The lowest BCUT2D eigenvalue weighted by Gasteiger charge is -2.24. The largest absolute Gasteiger partial charge is 0.494 e. The van der Waals surface area contributed by atoms with Gasteiger partial charge in [-0.05, 0) is 113 Å². The molecule has 4 aromatic carbocycles. The minimum Gasteiger partial charge on any atom is -0.494 e. The monoisotopic (exact) mass is 1170 g/mol. The van der Waals surface area contributed by atoms with Crippen LogP contribution in [-0.4, -0.2) is 113 Å². The first kappa shape index (κ1) is 67.3. The van der Waals surface area contributed by atoms with Gasteiger partial charge in [0.1, 0.15) is 46.6 Å². The van der Waals surface area contributed by atoms with E-state index in [0.717, 1.165) is 67.8 Å². The quantitative estimate of drug-likeness (QED) is 0.0455. The molecule has 0 saturated heterocycles. The molecule has 0 fully saturated rings. The second-order valence-corrected chi connectivity index (χ2v) is 22.2. The zero-order valence-corrected chi connectivity index (χ0v) is 51.7. The molecule has 23 nitrogen and oxygen atoms in total. The molecule has 1 aromatic heterocycles. The van der Waals surface area contributed by atoms with Crippen molar-refractivity contribution in [2.45, 2.75) is 107 Å². The number of nitriles is 3.